The van der Waals surface area contributed by atoms with E-state index < -0.39 is 8.32 Å². The zero-order chi connectivity index (χ0) is 8.91. The molecule has 3 nitrogen and oxygen atoms in total. The van der Waals surface area contributed by atoms with Crippen molar-refractivity contribution in [3.05, 3.63) is 0 Å². The Morgan fingerprint density at radius 1 is 1.36 bits per heavy atom. The summed E-state index contributed by atoms with van der Waals surface area (Å²) in [5.41, 5.74) is 0. The molecule has 0 N–H and O–H groups in total. The molecule has 0 rings (SSSR count). The lowest BCUT2D eigenvalue weighted by molar-refractivity contribution is -0.141. The number of carbonyl (C=O) groups is 1. The van der Waals surface area contributed by atoms with Gasteiger partial charge in [0.05, 0.1) is 13.5 Å². The zero-order valence-electron chi connectivity index (χ0n) is 7.64. The second-order valence-corrected chi connectivity index (χ2v) is 7.80. The molecule has 0 spiro atoms. The first-order valence-corrected chi connectivity index (χ1v) is 7.07. The molecule has 0 aliphatic carbocycles. The van der Waals surface area contributed by atoms with Crippen molar-refractivity contribution < 1.29 is 14.0 Å². The van der Waals surface area contributed by atoms with Gasteiger partial charge in [0, 0.05) is 6.61 Å². The first kappa shape index (κ1) is 10.6. The van der Waals surface area contributed by atoms with E-state index in [9.17, 15) is 4.79 Å². The highest BCUT2D eigenvalue weighted by Crippen LogP contribution is 2.02. The minimum absolute atomic E-state index is 0.205. The van der Waals surface area contributed by atoms with Crippen molar-refractivity contribution in [2.75, 3.05) is 13.7 Å². The Labute approximate surface area is 68.8 Å². The summed E-state index contributed by atoms with van der Waals surface area (Å²) in [7, 11) is -0.0588. The van der Waals surface area contributed by atoms with Crippen molar-refractivity contribution in [3.8, 4) is 0 Å². The molecular formula is C7H16O3Si. The maximum atomic E-state index is 10.6. The van der Waals surface area contributed by atoms with Crippen molar-refractivity contribution in [1.29, 1.82) is 0 Å². The summed E-state index contributed by atoms with van der Waals surface area (Å²) in [5, 5.41) is 0. The van der Waals surface area contributed by atoms with Crippen LogP contribution in [0.4, 0.5) is 0 Å². The van der Waals surface area contributed by atoms with Crippen LogP contribution in [-0.2, 0) is 14.0 Å². The van der Waals surface area contributed by atoms with Crippen LogP contribution in [0.25, 0.3) is 0 Å². The average Bonchev–Trinajstić information content (AvgIpc) is 1.85. The number of rotatable bonds is 4. The molecule has 0 aliphatic heterocycles. The highest BCUT2D eigenvalue weighted by molar-refractivity contribution is 6.69. The molecule has 0 atom stereocenters. The highest BCUT2D eigenvalue weighted by Gasteiger charge is 2.14. The Kier molecular flexibility index (Phi) is 4.36. The highest BCUT2D eigenvalue weighted by atomic mass is 28.4. The van der Waals surface area contributed by atoms with Gasteiger partial charge in [0.2, 0.25) is 0 Å². The number of ether oxygens (including phenoxy) is 1. The molecular weight excluding hydrogens is 160 g/mol. The van der Waals surface area contributed by atoms with E-state index in [4.69, 9.17) is 4.43 Å². The predicted octanol–water partition coefficient (Wildman–Crippen LogP) is 1.40. The predicted molar refractivity (Wildman–Crippen MR) is 45.9 cm³/mol. The maximum absolute atomic E-state index is 10.6. The second kappa shape index (κ2) is 4.51. The van der Waals surface area contributed by atoms with Crippen molar-refractivity contribution in [2.45, 2.75) is 26.1 Å². The molecule has 0 fully saturated rings. The standard InChI is InChI=1S/C7H16O3Si/c1-9-7(8)5-6-10-11(2,3)4/h5-6H2,1-4H3. The van der Waals surface area contributed by atoms with Gasteiger partial charge in [0.15, 0.2) is 8.32 Å². The van der Waals surface area contributed by atoms with Gasteiger partial charge in [-0.3, -0.25) is 4.79 Å². The van der Waals surface area contributed by atoms with Crippen LogP contribution in [-0.4, -0.2) is 28.0 Å². The monoisotopic (exact) mass is 176 g/mol. The van der Waals surface area contributed by atoms with Gasteiger partial charge >= 0.3 is 5.97 Å². The van der Waals surface area contributed by atoms with Gasteiger partial charge in [-0.25, -0.2) is 0 Å². The van der Waals surface area contributed by atoms with Crippen LogP contribution in [0, 0.1) is 0 Å². The van der Waals surface area contributed by atoms with E-state index >= 15 is 0 Å². The minimum Gasteiger partial charge on any atom is -0.469 e. The van der Waals surface area contributed by atoms with Crippen molar-refractivity contribution in [1.82, 2.24) is 0 Å². The van der Waals surface area contributed by atoms with Crippen molar-refractivity contribution in [2.24, 2.45) is 0 Å². The smallest absolute Gasteiger partial charge is 0.307 e. The summed E-state index contributed by atoms with van der Waals surface area (Å²) in [6.07, 6.45) is 0.362. The lowest BCUT2D eigenvalue weighted by Crippen LogP contribution is -2.26. The molecule has 0 aliphatic rings. The molecule has 66 valence electrons. The van der Waals surface area contributed by atoms with Crippen molar-refractivity contribution >= 4 is 14.3 Å². The third-order valence-corrected chi connectivity index (χ3v) is 2.14. The van der Waals surface area contributed by atoms with E-state index in [0.29, 0.717) is 13.0 Å². The average molecular weight is 176 g/mol. The summed E-state index contributed by atoms with van der Waals surface area (Å²) < 4.78 is 9.90. The summed E-state index contributed by atoms with van der Waals surface area (Å²) in [5.74, 6) is -0.205. The zero-order valence-corrected chi connectivity index (χ0v) is 8.64. The fraction of sp³-hybridized carbons (Fsp3) is 0.857. The summed E-state index contributed by atoms with van der Waals surface area (Å²) in [6.45, 7) is 6.75. The molecule has 0 unspecified atom stereocenters. The molecule has 0 bridgehead atoms. The molecule has 0 saturated carbocycles. The van der Waals surface area contributed by atoms with Gasteiger partial charge in [-0.15, -0.1) is 0 Å². The molecule has 0 aromatic carbocycles. The van der Waals surface area contributed by atoms with Crippen LogP contribution in [0.1, 0.15) is 6.42 Å². The third kappa shape index (κ3) is 7.54. The van der Waals surface area contributed by atoms with E-state index in [0.717, 1.165) is 0 Å². The van der Waals surface area contributed by atoms with Crippen LogP contribution in [0.5, 0.6) is 0 Å². The second-order valence-electron chi connectivity index (χ2n) is 3.29. The molecule has 0 aromatic heterocycles. The maximum Gasteiger partial charge on any atom is 0.307 e. The molecule has 0 saturated heterocycles. The van der Waals surface area contributed by atoms with E-state index in [2.05, 4.69) is 24.4 Å². The molecule has 0 aromatic rings. The molecule has 11 heavy (non-hydrogen) atoms. The van der Waals surface area contributed by atoms with Crippen LogP contribution in [0.2, 0.25) is 19.6 Å². The fourth-order valence-electron chi connectivity index (χ4n) is 0.543. The Hall–Kier alpha value is -0.353. The lowest BCUT2D eigenvalue weighted by atomic mass is 10.5. The number of esters is 1. The normalized spacial score (nSPS) is 11.3. The van der Waals surface area contributed by atoms with Crippen LogP contribution >= 0.6 is 0 Å². The topological polar surface area (TPSA) is 35.5 Å². The Morgan fingerprint density at radius 2 is 1.91 bits per heavy atom. The van der Waals surface area contributed by atoms with Crippen LogP contribution < -0.4 is 0 Å². The SMILES string of the molecule is COC(=O)CCO[Si](C)(C)C. The van der Waals surface area contributed by atoms with Gasteiger partial charge in [0.25, 0.3) is 0 Å². The quantitative estimate of drug-likeness (QED) is 0.480. The number of hydrogen-bond acceptors (Lipinski definition) is 3. The summed E-state index contributed by atoms with van der Waals surface area (Å²) in [4.78, 5) is 10.6. The Balaban J connectivity index is 3.35. The number of carbonyl (C=O) groups excluding carboxylic acids is 1. The largest absolute Gasteiger partial charge is 0.469 e. The fourth-order valence-corrected chi connectivity index (χ4v) is 1.26. The van der Waals surface area contributed by atoms with Crippen molar-refractivity contribution in [3.63, 3.8) is 0 Å². The molecule has 0 radical (unpaired) electrons. The number of methoxy groups -OCH3 is 1. The van der Waals surface area contributed by atoms with Gasteiger partial charge in [-0.05, 0) is 19.6 Å². The van der Waals surface area contributed by atoms with E-state index in [-0.39, 0.29) is 5.97 Å². The van der Waals surface area contributed by atoms with E-state index in [1.54, 1.807) is 0 Å². The first-order chi connectivity index (χ1) is 4.95. The van der Waals surface area contributed by atoms with Gasteiger partial charge in [-0.1, -0.05) is 0 Å². The molecule has 0 amide bonds. The van der Waals surface area contributed by atoms with Crippen LogP contribution in [0.15, 0.2) is 0 Å². The van der Waals surface area contributed by atoms with Gasteiger partial charge < -0.3 is 9.16 Å². The number of hydrogen-bond donors (Lipinski definition) is 0. The summed E-state index contributed by atoms with van der Waals surface area (Å²) in [6, 6.07) is 0. The van der Waals surface area contributed by atoms with Gasteiger partial charge in [-0.2, -0.15) is 0 Å². The minimum atomic E-state index is -1.44. The Bertz CT molecular complexity index is 128. The van der Waals surface area contributed by atoms with E-state index in [1.165, 1.54) is 7.11 Å². The third-order valence-electron chi connectivity index (χ3n) is 1.07. The summed E-state index contributed by atoms with van der Waals surface area (Å²) >= 11 is 0. The van der Waals surface area contributed by atoms with Crippen LogP contribution in [0.3, 0.4) is 0 Å². The Morgan fingerprint density at radius 3 is 2.27 bits per heavy atom. The van der Waals surface area contributed by atoms with Gasteiger partial charge in [0.1, 0.15) is 0 Å². The lowest BCUT2D eigenvalue weighted by Gasteiger charge is -2.16. The molecule has 4 heteroatoms. The molecule has 0 heterocycles. The van der Waals surface area contributed by atoms with E-state index in [1.807, 2.05) is 0 Å². The first-order valence-electron chi connectivity index (χ1n) is 3.66.